The second-order valence-corrected chi connectivity index (χ2v) is 4.63. The third kappa shape index (κ3) is 3.28. The molecule has 80 valence electrons. The number of hydrogen-bond acceptors (Lipinski definition) is 3. The van der Waals surface area contributed by atoms with Gasteiger partial charge in [0.15, 0.2) is 0 Å². The Balaban J connectivity index is 2.40. The second kappa shape index (κ2) is 5.33. The van der Waals surface area contributed by atoms with Gasteiger partial charge in [-0.05, 0) is 25.3 Å². The number of hydrogen-bond donors (Lipinski definition) is 1. The minimum atomic E-state index is -0.0208. The lowest BCUT2D eigenvalue weighted by molar-refractivity contribution is 0.136. The maximum atomic E-state index is 8.85. The Morgan fingerprint density at radius 1 is 1.43 bits per heavy atom. The van der Waals surface area contributed by atoms with Gasteiger partial charge in [0.05, 0.1) is 6.07 Å². The van der Waals surface area contributed by atoms with Crippen molar-refractivity contribution in [1.82, 2.24) is 10.2 Å². The number of nitrogens with one attached hydrogen (secondary N) is 1. The van der Waals surface area contributed by atoms with Crippen LogP contribution in [-0.2, 0) is 0 Å². The highest BCUT2D eigenvalue weighted by Gasteiger charge is 2.23. The average Bonchev–Trinajstić information content (AvgIpc) is 2.12. The Morgan fingerprint density at radius 3 is 2.43 bits per heavy atom. The predicted octanol–water partition coefficient (Wildman–Crippen LogP) is 1.08. The molecule has 0 saturated carbocycles. The van der Waals surface area contributed by atoms with Gasteiger partial charge in [-0.2, -0.15) is 5.26 Å². The van der Waals surface area contributed by atoms with E-state index in [0.717, 1.165) is 31.5 Å². The van der Waals surface area contributed by atoms with Crippen LogP contribution in [0.2, 0.25) is 0 Å². The molecule has 0 amide bonds. The van der Waals surface area contributed by atoms with Gasteiger partial charge in [0.25, 0.3) is 0 Å². The molecule has 1 fully saturated rings. The first-order valence-electron chi connectivity index (χ1n) is 5.45. The van der Waals surface area contributed by atoms with Crippen LogP contribution in [0.25, 0.3) is 0 Å². The van der Waals surface area contributed by atoms with Gasteiger partial charge in [-0.15, -0.1) is 0 Å². The van der Waals surface area contributed by atoms with Crippen molar-refractivity contribution < 1.29 is 0 Å². The second-order valence-electron chi connectivity index (χ2n) is 4.63. The van der Waals surface area contributed by atoms with Gasteiger partial charge in [-0.1, -0.05) is 13.8 Å². The molecule has 1 N–H and O–H groups in total. The molecule has 0 bridgehead atoms. The van der Waals surface area contributed by atoms with Crippen molar-refractivity contribution in [3.8, 4) is 6.07 Å². The van der Waals surface area contributed by atoms with E-state index in [-0.39, 0.29) is 6.04 Å². The quantitative estimate of drug-likeness (QED) is 0.732. The summed E-state index contributed by atoms with van der Waals surface area (Å²) in [6.45, 7) is 7.74. The van der Waals surface area contributed by atoms with E-state index in [1.807, 2.05) is 7.05 Å². The SMILES string of the molecule is CNC(C#N)CN1CC(C)CC(C)C1. The van der Waals surface area contributed by atoms with Crippen LogP contribution in [0.15, 0.2) is 0 Å². The summed E-state index contributed by atoms with van der Waals surface area (Å²) >= 11 is 0. The zero-order chi connectivity index (χ0) is 10.6. The summed E-state index contributed by atoms with van der Waals surface area (Å²) in [6.07, 6.45) is 1.33. The molecular formula is C11H21N3. The molecule has 1 rings (SSSR count). The number of nitrogens with zero attached hydrogens (tertiary/aromatic N) is 2. The molecule has 1 heterocycles. The fraction of sp³-hybridized carbons (Fsp3) is 0.909. The van der Waals surface area contributed by atoms with Gasteiger partial charge in [0.2, 0.25) is 0 Å². The normalized spacial score (nSPS) is 31.0. The van der Waals surface area contributed by atoms with Crippen molar-refractivity contribution in [3.05, 3.63) is 0 Å². The zero-order valence-corrected chi connectivity index (χ0v) is 9.45. The maximum absolute atomic E-state index is 8.85. The molecule has 1 aliphatic rings. The molecule has 0 aromatic carbocycles. The molecule has 0 aromatic rings. The van der Waals surface area contributed by atoms with E-state index < -0.39 is 0 Å². The van der Waals surface area contributed by atoms with E-state index in [4.69, 9.17) is 5.26 Å². The lowest BCUT2D eigenvalue weighted by Crippen LogP contribution is -2.45. The molecule has 1 aliphatic heterocycles. The molecule has 1 saturated heterocycles. The number of nitriles is 1. The predicted molar refractivity (Wildman–Crippen MR) is 57.8 cm³/mol. The largest absolute Gasteiger partial charge is 0.304 e. The highest BCUT2D eigenvalue weighted by Crippen LogP contribution is 2.20. The van der Waals surface area contributed by atoms with Crippen LogP contribution >= 0.6 is 0 Å². The van der Waals surface area contributed by atoms with Crippen molar-refractivity contribution in [2.24, 2.45) is 11.8 Å². The number of likely N-dealkylation sites (tertiary alicyclic amines) is 1. The Hall–Kier alpha value is -0.590. The number of rotatable bonds is 3. The van der Waals surface area contributed by atoms with E-state index >= 15 is 0 Å². The van der Waals surface area contributed by atoms with Crippen LogP contribution in [-0.4, -0.2) is 37.6 Å². The first-order valence-corrected chi connectivity index (χ1v) is 5.45. The summed E-state index contributed by atoms with van der Waals surface area (Å²) in [5.41, 5.74) is 0. The zero-order valence-electron chi connectivity index (χ0n) is 9.45. The third-order valence-corrected chi connectivity index (χ3v) is 2.89. The topological polar surface area (TPSA) is 39.1 Å². The van der Waals surface area contributed by atoms with Crippen LogP contribution in [0.4, 0.5) is 0 Å². The molecule has 3 heteroatoms. The van der Waals surface area contributed by atoms with Crippen LogP contribution < -0.4 is 5.32 Å². The summed E-state index contributed by atoms with van der Waals surface area (Å²) in [5.74, 6) is 1.55. The van der Waals surface area contributed by atoms with Crippen LogP contribution in [0, 0.1) is 23.2 Å². The van der Waals surface area contributed by atoms with Gasteiger partial charge in [0.1, 0.15) is 6.04 Å². The molecule has 3 atom stereocenters. The smallest absolute Gasteiger partial charge is 0.108 e. The Kier molecular flexibility index (Phi) is 4.37. The Morgan fingerprint density at radius 2 is 2.00 bits per heavy atom. The summed E-state index contributed by atoms with van der Waals surface area (Å²) in [6, 6.07) is 2.26. The van der Waals surface area contributed by atoms with Crippen molar-refractivity contribution in [2.45, 2.75) is 26.3 Å². The first-order chi connectivity index (χ1) is 6.65. The lowest BCUT2D eigenvalue weighted by atomic mass is 9.92. The third-order valence-electron chi connectivity index (χ3n) is 2.89. The molecule has 14 heavy (non-hydrogen) atoms. The van der Waals surface area contributed by atoms with E-state index in [0.29, 0.717) is 0 Å². The van der Waals surface area contributed by atoms with Crippen LogP contribution in [0.1, 0.15) is 20.3 Å². The van der Waals surface area contributed by atoms with Crippen molar-refractivity contribution in [2.75, 3.05) is 26.7 Å². The first kappa shape index (κ1) is 11.5. The molecular weight excluding hydrogens is 174 g/mol. The molecule has 3 nitrogen and oxygen atoms in total. The van der Waals surface area contributed by atoms with Gasteiger partial charge in [-0.3, -0.25) is 0 Å². The Bertz CT molecular complexity index is 199. The maximum Gasteiger partial charge on any atom is 0.108 e. The fourth-order valence-electron chi connectivity index (χ4n) is 2.40. The van der Waals surface area contributed by atoms with Gasteiger partial charge < -0.3 is 10.2 Å². The molecule has 0 aliphatic carbocycles. The van der Waals surface area contributed by atoms with Crippen LogP contribution in [0.3, 0.4) is 0 Å². The van der Waals surface area contributed by atoms with Gasteiger partial charge in [-0.25, -0.2) is 0 Å². The molecule has 0 radical (unpaired) electrons. The summed E-state index contributed by atoms with van der Waals surface area (Å²) < 4.78 is 0. The average molecular weight is 195 g/mol. The van der Waals surface area contributed by atoms with Crippen molar-refractivity contribution >= 4 is 0 Å². The standard InChI is InChI=1S/C11H21N3/c1-9-4-10(2)7-14(6-9)8-11(5-12)13-3/h9-11,13H,4,6-8H2,1-3H3. The Labute approximate surface area is 87.1 Å². The minimum absolute atomic E-state index is 0.0208. The molecule has 3 unspecified atom stereocenters. The lowest BCUT2D eigenvalue weighted by Gasteiger charge is -2.35. The van der Waals surface area contributed by atoms with Gasteiger partial charge >= 0.3 is 0 Å². The van der Waals surface area contributed by atoms with E-state index in [1.54, 1.807) is 0 Å². The highest BCUT2D eigenvalue weighted by atomic mass is 15.2. The van der Waals surface area contributed by atoms with E-state index in [9.17, 15) is 0 Å². The number of piperidine rings is 1. The van der Waals surface area contributed by atoms with Gasteiger partial charge in [0, 0.05) is 19.6 Å². The minimum Gasteiger partial charge on any atom is -0.304 e. The molecule has 0 spiro atoms. The van der Waals surface area contributed by atoms with E-state index in [2.05, 4.69) is 30.1 Å². The van der Waals surface area contributed by atoms with E-state index in [1.165, 1.54) is 6.42 Å². The van der Waals surface area contributed by atoms with Crippen molar-refractivity contribution in [3.63, 3.8) is 0 Å². The summed E-state index contributed by atoms with van der Waals surface area (Å²) in [5, 5.41) is 11.9. The van der Waals surface area contributed by atoms with Crippen molar-refractivity contribution in [1.29, 1.82) is 5.26 Å². The summed E-state index contributed by atoms with van der Waals surface area (Å²) in [4.78, 5) is 2.41. The molecule has 0 aromatic heterocycles. The fourth-order valence-corrected chi connectivity index (χ4v) is 2.40. The summed E-state index contributed by atoms with van der Waals surface area (Å²) in [7, 11) is 1.85. The highest BCUT2D eigenvalue weighted by molar-refractivity contribution is 4.92. The number of likely N-dealkylation sites (N-methyl/N-ethyl adjacent to an activating group) is 1. The van der Waals surface area contributed by atoms with Crippen LogP contribution in [0.5, 0.6) is 0 Å². The monoisotopic (exact) mass is 195 g/mol.